The summed E-state index contributed by atoms with van der Waals surface area (Å²) in [6.45, 7) is 2.52. The summed E-state index contributed by atoms with van der Waals surface area (Å²) < 4.78 is 10.4. The molecule has 0 aliphatic rings. The van der Waals surface area contributed by atoms with Crippen molar-refractivity contribution in [3.63, 3.8) is 0 Å². The molecule has 2 rings (SSSR count). The number of hydrogen-bond donors (Lipinski definition) is 0. The molecule has 0 aliphatic carbocycles. The molecule has 0 bridgehead atoms. The molecule has 0 amide bonds. The molecule has 0 saturated heterocycles. The molecule has 2 aromatic rings. The lowest BCUT2D eigenvalue weighted by Crippen LogP contribution is -1.94. The van der Waals surface area contributed by atoms with Gasteiger partial charge in [0.1, 0.15) is 5.69 Å². The van der Waals surface area contributed by atoms with Crippen molar-refractivity contribution < 1.29 is 9.15 Å². The lowest BCUT2D eigenvalue weighted by atomic mass is 10.3. The number of hydrogen-bond acceptors (Lipinski definition) is 4. The highest BCUT2D eigenvalue weighted by Gasteiger charge is 2.03. The summed E-state index contributed by atoms with van der Waals surface area (Å²) in [5.74, 6) is 1.24. The molecule has 0 spiro atoms. The molecule has 4 nitrogen and oxygen atoms in total. The highest BCUT2D eigenvalue weighted by molar-refractivity contribution is 5.50. The molecule has 0 unspecified atom stereocenters. The first kappa shape index (κ1) is 8.74. The van der Waals surface area contributed by atoms with Gasteiger partial charge in [0.25, 0.3) is 0 Å². The van der Waals surface area contributed by atoms with E-state index in [-0.39, 0.29) is 0 Å². The number of oxazole rings is 1. The van der Waals surface area contributed by atoms with Crippen LogP contribution in [0.4, 0.5) is 0 Å². The Balaban J connectivity index is 2.31. The molecular formula is C10H10N2O2. The van der Waals surface area contributed by atoms with Gasteiger partial charge in [0, 0.05) is 6.07 Å². The minimum Gasteiger partial charge on any atom is -0.478 e. The number of nitrogens with zero attached hydrogens (tertiary/aromatic N) is 2. The van der Waals surface area contributed by atoms with Crippen LogP contribution in [0.15, 0.2) is 35.2 Å². The van der Waals surface area contributed by atoms with Crippen molar-refractivity contribution in [2.75, 3.05) is 6.61 Å². The van der Waals surface area contributed by atoms with E-state index in [1.165, 1.54) is 6.39 Å². The van der Waals surface area contributed by atoms with Gasteiger partial charge in [0.2, 0.25) is 5.88 Å². The molecule has 72 valence electrons. The molecule has 2 heterocycles. The van der Waals surface area contributed by atoms with Crippen molar-refractivity contribution in [2.24, 2.45) is 0 Å². The fourth-order valence-electron chi connectivity index (χ4n) is 1.12. The quantitative estimate of drug-likeness (QED) is 0.743. The molecule has 0 aliphatic heterocycles. The van der Waals surface area contributed by atoms with Crippen LogP contribution in [0.1, 0.15) is 6.92 Å². The second-order valence-electron chi connectivity index (χ2n) is 2.66. The van der Waals surface area contributed by atoms with Gasteiger partial charge in [-0.05, 0) is 13.0 Å². The van der Waals surface area contributed by atoms with Crippen molar-refractivity contribution in [3.05, 3.63) is 30.8 Å². The molecule has 4 heteroatoms. The Morgan fingerprint density at radius 1 is 1.43 bits per heavy atom. The third-order valence-electron chi connectivity index (χ3n) is 1.70. The van der Waals surface area contributed by atoms with Crippen LogP contribution < -0.4 is 4.74 Å². The third kappa shape index (κ3) is 1.74. The van der Waals surface area contributed by atoms with E-state index in [9.17, 15) is 0 Å². The topological polar surface area (TPSA) is 48.2 Å². The number of aromatic nitrogens is 2. The smallest absolute Gasteiger partial charge is 0.213 e. The van der Waals surface area contributed by atoms with Crippen LogP contribution in [0, 0.1) is 0 Å². The van der Waals surface area contributed by atoms with Crippen molar-refractivity contribution in [1.29, 1.82) is 0 Å². The lowest BCUT2D eigenvalue weighted by Gasteiger charge is -2.02. The Kier molecular flexibility index (Phi) is 2.44. The number of ether oxygens (including phenoxy) is 1. The standard InChI is InChI=1S/C10H10N2O2/c1-2-13-10-5-3-4-8(12-10)9-6-11-7-14-9/h3-7H,2H2,1H3. The third-order valence-corrected chi connectivity index (χ3v) is 1.70. The van der Waals surface area contributed by atoms with Gasteiger partial charge in [-0.2, -0.15) is 0 Å². The normalized spacial score (nSPS) is 10.1. The first-order chi connectivity index (χ1) is 6.90. The highest BCUT2D eigenvalue weighted by atomic mass is 16.5. The summed E-state index contributed by atoms with van der Waals surface area (Å²) in [6.07, 6.45) is 3.00. The Bertz CT molecular complexity index is 398. The zero-order chi connectivity index (χ0) is 9.80. The Morgan fingerprint density at radius 3 is 3.07 bits per heavy atom. The minimum absolute atomic E-state index is 0.599. The fraction of sp³-hybridized carbons (Fsp3) is 0.200. The van der Waals surface area contributed by atoms with E-state index in [4.69, 9.17) is 9.15 Å². The van der Waals surface area contributed by atoms with Crippen LogP contribution >= 0.6 is 0 Å². The largest absolute Gasteiger partial charge is 0.478 e. The first-order valence-corrected chi connectivity index (χ1v) is 4.39. The van der Waals surface area contributed by atoms with Gasteiger partial charge in [0.05, 0.1) is 12.8 Å². The summed E-state index contributed by atoms with van der Waals surface area (Å²) in [5, 5.41) is 0. The van der Waals surface area contributed by atoms with Gasteiger partial charge in [-0.1, -0.05) is 6.07 Å². The maximum atomic E-state index is 5.27. The van der Waals surface area contributed by atoms with E-state index in [0.717, 1.165) is 5.69 Å². The van der Waals surface area contributed by atoms with Crippen molar-refractivity contribution >= 4 is 0 Å². The van der Waals surface area contributed by atoms with E-state index in [2.05, 4.69) is 9.97 Å². The minimum atomic E-state index is 0.599. The summed E-state index contributed by atoms with van der Waals surface area (Å²) in [6, 6.07) is 5.53. The molecule has 0 N–H and O–H groups in total. The van der Waals surface area contributed by atoms with Crippen LogP contribution in [0.5, 0.6) is 5.88 Å². The Labute approximate surface area is 81.6 Å². The van der Waals surface area contributed by atoms with Crippen molar-refractivity contribution in [1.82, 2.24) is 9.97 Å². The molecule has 2 aromatic heterocycles. The van der Waals surface area contributed by atoms with Crippen LogP contribution in [-0.4, -0.2) is 16.6 Å². The predicted octanol–water partition coefficient (Wildman–Crippen LogP) is 2.14. The first-order valence-electron chi connectivity index (χ1n) is 4.39. The highest BCUT2D eigenvalue weighted by Crippen LogP contribution is 2.18. The molecule has 0 saturated carbocycles. The monoisotopic (exact) mass is 190 g/mol. The zero-order valence-electron chi connectivity index (χ0n) is 7.80. The van der Waals surface area contributed by atoms with Gasteiger partial charge < -0.3 is 9.15 Å². The average molecular weight is 190 g/mol. The summed E-state index contributed by atoms with van der Waals surface area (Å²) in [7, 11) is 0. The Morgan fingerprint density at radius 2 is 2.36 bits per heavy atom. The van der Waals surface area contributed by atoms with Crippen molar-refractivity contribution in [2.45, 2.75) is 6.92 Å². The van der Waals surface area contributed by atoms with Crippen LogP contribution in [0.3, 0.4) is 0 Å². The second-order valence-corrected chi connectivity index (χ2v) is 2.66. The van der Waals surface area contributed by atoms with E-state index < -0.39 is 0 Å². The average Bonchev–Trinajstić information content (AvgIpc) is 2.71. The number of pyridine rings is 1. The van der Waals surface area contributed by atoms with E-state index in [0.29, 0.717) is 18.2 Å². The number of rotatable bonds is 3. The van der Waals surface area contributed by atoms with Crippen LogP contribution in [0.2, 0.25) is 0 Å². The molecule has 0 atom stereocenters. The summed E-state index contributed by atoms with van der Waals surface area (Å²) in [5.41, 5.74) is 0.730. The fourth-order valence-corrected chi connectivity index (χ4v) is 1.12. The van der Waals surface area contributed by atoms with E-state index in [1.807, 2.05) is 25.1 Å². The molecule has 0 radical (unpaired) electrons. The summed E-state index contributed by atoms with van der Waals surface area (Å²) in [4.78, 5) is 8.08. The predicted molar refractivity (Wildman–Crippen MR) is 50.9 cm³/mol. The van der Waals surface area contributed by atoms with Gasteiger partial charge in [-0.3, -0.25) is 0 Å². The summed E-state index contributed by atoms with van der Waals surface area (Å²) >= 11 is 0. The zero-order valence-corrected chi connectivity index (χ0v) is 7.80. The second kappa shape index (κ2) is 3.91. The molecule has 0 fully saturated rings. The molecular weight excluding hydrogens is 180 g/mol. The van der Waals surface area contributed by atoms with Crippen LogP contribution in [0.25, 0.3) is 11.5 Å². The van der Waals surface area contributed by atoms with Gasteiger partial charge in [0.15, 0.2) is 12.2 Å². The van der Waals surface area contributed by atoms with Crippen molar-refractivity contribution in [3.8, 4) is 17.3 Å². The van der Waals surface area contributed by atoms with Gasteiger partial charge in [-0.25, -0.2) is 9.97 Å². The lowest BCUT2D eigenvalue weighted by molar-refractivity contribution is 0.327. The SMILES string of the molecule is CCOc1cccc(-c2cnco2)n1. The molecule has 14 heavy (non-hydrogen) atoms. The van der Waals surface area contributed by atoms with Crippen LogP contribution in [-0.2, 0) is 0 Å². The Hall–Kier alpha value is -1.84. The van der Waals surface area contributed by atoms with Gasteiger partial charge >= 0.3 is 0 Å². The van der Waals surface area contributed by atoms with E-state index >= 15 is 0 Å². The maximum Gasteiger partial charge on any atom is 0.213 e. The molecule has 0 aromatic carbocycles. The van der Waals surface area contributed by atoms with Gasteiger partial charge in [-0.15, -0.1) is 0 Å². The van der Waals surface area contributed by atoms with E-state index in [1.54, 1.807) is 6.20 Å². The maximum absolute atomic E-state index is 5.27.